The van der Waals surface area contributed by atoms with Gasteiger partial charge in [-0.05, 0) is 50.2 Å². The number of aromatic nitrogens is 2. The third kappa shape index (κ3) is 3.77. The van der Waals surface area contributed by atoms with Crippen molar-refractivity contribution >= 4 is 16.7 Å². The van der Waals surface area contributed by atoms with Crippen molar-refractivity contribution in [1.82, 2.24) is 14.9 Å². The molecule has 0 aliphatic carbocycles. The zero-order valence-electron chi connectivity index (χ0n) is 18.0. The number of likely N-dealkylation sites (N-methyl/N-ethyl adjacent to an activating group) is 2. The van der Waals surface area contributed by atoms with Crippen LogP contribution in [0.15, 0.2) is 39.7 Å². The lowest BCUT2D eigenvalue weighted by Gasteiger charge is -2.26. The normalized spacial score (nSPS) is 16.9. The molecule has 2 aromatic heterocycles. The molecule has 0 spiro atoms. The molecule has 4 rings (SSSR count). The molecule has 1 aliphatic rings. The quantitative estimate of drug-likeness (QED) is 0.619. The Morgan fingerprint density at radius 1 is 1.37 bits per heavy atom. The predicted molar refractivity (Wildman–Crippen MR) is 118 cm³/mol. The number of fused-ring (bicyclic) bond motifs is 1. The highest BCUT2D eigenvalue weighted by Gasteiger charge is 2.27. The number of benzene rings is 1. The predicted octanol–water partition coefficient (Wildman–Crippen LogP) is 3.35. The van der Waals surface area contributed by atoms with E-state index in [0.29, 0.717) is 28.3 Å². The van der Waals surface area contributed by atoms with Gasteiger partial charge in [0.1, 0.15) is 11.6 Å². The first-order valence-corrected chi connectivity index (χ1v) is 10.4. The number of hydrogen-bond acceptors (Lipinski definition) is 7. The molecule has 1 unspecified atom stereocenters. The lowest BCUT2D eigenvalue weighted by atomic mass is 10.0. The highest BCUT2D eigenvalue weighted by atomic mass is 16.5. The number of nitrogens with zero attached hydrogens (tertiary/aromatic N) is 4. The molecular formula is C23H28N4O3. The molecule has 1 atom stereocenters. The summed E-state index contributed by atoms with van der Waals surface area (Å²) in [6.07, 6.45) is 4.50. The van der Waals surface area contributed by atoms with Gasteiger partial charge in [-0.3, -0.25) is 0 Å². The number of anilines is 1. The van der Waals surface area contributed by atoms with Gasteiger partial charge in [-0.25, -0.2) is 14.8 Å². The average Bonchev–Trinajstić information content (AvgIpc) is 3.19. The van der Waals surface area contributed by atoms with Crippen molar-refractivity contribution in [1.29, 1.82) is 0 Å². The van der Waals surface area contributed by atoms with E-state index in [4.69, 9.17) is 14.1 Å². The highest BCUT2D eigenvalue weighted by molar-refractivity contribution is 5.84. The molecule has 1 aromatic carbocycles. The van der Waals surface area contributed by atoms with Gasteiger partial charge in [0.2, 0.25) is 5.89 Å². The number of likely N-dealkylation sites (tertiary alicyclic amines) is 1. The van der Waals surface area contributed by atoms with Crippen molar-refractivity contribution in [2.24, 2.45) is 0 Å². The van der Waals surface area contributed by atoms with Crippen LogP contribution in [0.25, 0.3) is 22.4 Å². The van der Waals surface area contributed by atoms with E-state index in [2.05, 4.69) is 28.8 Å². The van der Waals surface area contributed by atoms with Gasteiger partial charge in [-0.2, -0.15) is 0 Å². The summed E-state index contributed by atoms with van der Waals surface area (Å²) in [6, 6.07) is 7.78. The molecule has 1 aliphatic heterocycles. The number of pyridine rings is 1. The standard InChI is InChI=1S/C23H28N4O3/c1-5-7-15-12-17(29-4)13-19-20(15)23(28)30-22(25-19)18-8-6-10-24-21(18)27(3)16-9-11-26(2)14-16/h6,8,10,12-13,16H,5,7,9,11,14H2,1-4H3. The number of ether oxygens (including phenoxy) is 1. The Kier molecular flexibility index (Phi) is 5.72. The zero-order valence-corrected chi connectivity index (χ0v) is 18.0. The molecule has 0 N–H and O–H groups in total. The van der Waals surface area contributed by atoms with E-state index in [1.807, 2.05) is 25.2 Å². The Labute approximate surface area is 176 Å². The number of methoxy groups -OCH3 is 1. The van der Waals surface area contributed by atoms with Crippen LogP contribution in [-0.4, -0.2) is 55.2 Å². The highest BCUT2D eigenvalue weighted by Crippen LogP contribution is 2.31. The van der Waals surface area contributed by atoms with Gasteiger partial charge >= 0.3 is 5.63 Å². The summed E-state index contributed by atoms with van der Waals surface area (Å²) in [5, 5.41) is 0.526. The van der Waals surface area contributed by atoms with Crippen molar-refractivity contribution in [2.45, 2.75) is 32.2 Å². The molecule has 158 valence electrons. The lowest BCUT2D eigenvalue weighted by Crippen LogP contribution is -2.34. The maximum absolute atomic E-state index is 13.0. The molecule has 1 saturated heterocycles. The van der Waals surface area contributed by atoms with E-state index in [9.17, 15) is 4.79 Å². The van der Waals surface area contributed by atoms with Gasteiger partial charge in [0.15, 0.2) is 0 Å². The molecule has 1 fully saturated rings. The van der Waals surface area contributed by atoms with Gasteiger partial charge in [0, 0.05) is 31.9 Å². The van der Waals surface area contributed by atoms with E-state index in [-0.39, 0.29) is 11.5 Å². The van der Waals surface area contributed by atoms with Gasteiger partial charge in [-0.15, -0.1) is 0 Å². The second-order valence-electron chi connectivity index (χ2n) is 7.93. The summed E-state index contributed by atoms with van der Waals surface area (Å²) in [7, 11) is 5.78. The SMILES string of the molecule is CCCc1cc(OC)cc2nc(-c3cccnc3N(C)C3CCN(C)C3)oc(=O)c12. The van der Waals surface area contributed by atoms with Crippen molar-refractivity contribution in [2.75, 3.05) is 39.2 Å². The zero-order chi connectivity index (χ0) is 21.3. The molecule has 7 heteroatoms. The van der Waals surface area contributed by atoms with Gasteiger partial charge in [0.05, 0.1) is 23.6 Å². The van der Waals surface area contributed by atoms with Crippen molar-refractivity contribution < 1.29 is 9.15 Å². The Balaban J connectivity index is 1.84. The van der Waals surface area contributed by atoms with Crippen molar-refractivity contribution in [3.05, 3.63) is 46.4 Å². The van der Waals surface area contributed by atoms with E-state index < -0.39 is 0 Å². The summed E-state index contributed by atoms with van der Waals surface area (Å²) in [6.45, 7) is 4.10. The monoisotopic (exact) mass is 408 g/mol. The van der Waals surface area contributed by atoms with Crippen LogP contribution in [0.5, 0.6) is 5.75 Å². The third-order valence-corrected chi connectivity index (χ3v) is 5.81. The molecule has 3 heterocycles. The summed E-state index contributed by atoms with van der Waals surface area (Å²) in [4.78, 5) is 26.7. The second-order valence-corrected chi connectivity index (χ2v) is 7.93. The molecule has 30 heavy (non-hydrogen) atoms. The fourth-order valence-corrected chi connectivity index (χ4v) is 4.20. The Morgan fingerprint density at radius 2 is 2.20 bits per heavy atom. The first-order chi connectivity index (χ1) is 14.5. The van der Waals surface area contributed by atoms with Crippen LogP contribution in [0.3, 0.4) is 0 Å². The number of hydrogen-bond donors (Lipinski definition) is 0. The van der Waals surface area contributed by atoms with E-state index >= 15 is 0 Å². The molecule has 0 amide bonds. The second kappa shape index (κ2) is 8.44. The van der Waals surface area contributed by atoms with Gasteiger partial charge in [0.25, 0.3) is 0 Å². The molecule has 3 aromatic rings. The molecule has 0 saturated carbocycles. The Bertz CT molecular complexity index is 1110. The summed E-state index contributed by atoms with van der Waals surface area (Å²) in [5.41, 5.74) is 1.83. The van der Waals surface area contributed by atoms with Crippen LogP contribution in [0.1, 0.15) is 25.3 Å². The third-order valence-electron chi connectivity index (χ3n) is 5.81. The van der Waals surface area contributed by atoms with Gasteiger partial charge < -0.3 is 19.0 Å². The number of aryl methyl sites for hydroxylation is 1. The molecule has 0 radical (unpaired) electrons. The van der Waals surface area contributed by atoms with Crippen LogP contribution in [0.2, 0.25) is 0 Å². The summed E-state index contributed by atoms with van der Waals surface area (Å²) < 4.78 is 11.2. The van der Waals surface area contributed by atoms with E-state index in [1.54, 1.807) is 19.4 Å². The fourth-order valence-electron chi connectivity index (χ4n) is 4.20. The largest absolute Gasteiger partial charge is 0.497 e. The fraction of sp³-hybridized carbons (Fsp3) is 0.435. The smallest absolute Gasteiger partial charge is 0.347 e. The number of rotatable bonds is 6. The maximum atomic E-state index is 13.0. The lowest BCUT2D eigenvalue weighted by molar-refractivity contribution is 0.409. The minimum atomic E-state index is -0.376. The minimum Gasteiger partial charge on any atom is -0.497 e. The molecule has 0 bridgehead atoms. The van der Waals surface area contributed by atoms with Crippen LogP contribution in [-0.2, 0) is 6.42 Å². The first-order valence-electron chi connectivity index (χ1n) is 10.4. The molecular weight excluding hydrogens is 380 g/mol. The Hall–Kier alpha value is -2.93. The average molecular weight is 409 g/mol. The van der Waals surface area contributed by atoms with Crippen LogP contribution in [0, 0.1) is 0 Å². The maximum Gasteiger partial charge on any atom is 0.347 e. The van der Waals surface area contributed by atoms with E-state index in [1.165, 1.54) is 0 Å². The van der Waals surface area contributed by atoms with Crippen molar-refractivity contribution in [3.63, 3.8) is 0 Å². The molecule has 7 nitrogen and oxygen atoms in total. The minimum absolute atomic E-state index is 0.282. The van der Waals surface area contributed by atoms with Crippen LogP contribution in [0.4, 0.5) is 5.82 Å². The van der Waals surface area contributed by atoms with E-state index in [0.717, 1.165) is 43.7 Å². The summed E-state index contributed by atoms with van der Waals surface area (Å²) >= 11 is 0. The Morgan fingerprint density at radius 3 is 2.90 bits per heavy atom. The van der Waals surface area contributed by atoms with Crippen LogP contribution >= 0.6 is 0 Å². The summed E-state index contributed by atoms with van der Waals surface area (Å²) in [5.74, 6) is 1.74. The topological polar surface area (TPSA) is 71.7 Å². The first kappa shape index (κ1) is 20.3. The van der Waals surface area contributed by atoms with Gasteiger partial charge in [-0.1, -0.05) is 13.3 Å². The van der Waals surface area contributed by atoms with Crippen molar-refractivity contribution in [3.8, 4) is 17.2 Å². The van der Waals surface area contributed by atoms with Crippen LogP contribution < -0.4 is 15.3 Å².